The van der Waals surface area contributed by atoms with Crippen LogP contribution in [0.2, 0.25) is 0 Å². The molecule has 1 aliphatic heterocycles. The van der Waals surface area contributed by atoms with Crippen LogP contribution in [0.4, 0.5) is 0 Å². The Hall–Kier alpha value is -0.960. The number of rotatable bonds is 6. The number of nitrogens with zero attached hydrogens (tertiary/aromatic N) is 2. The second kappa shape index (κ2) is 6.47. The molecule has 1 atom stereocenters. The van der Waals surface area contributed by atoms with E-state index < -0.39 is 10.0 Å². The summed E-state index contributed by atoms with van der Waals surface area (Å²) in [6.07, 6.45) is 5.83. The van der Waals surface area contributed by atoms with Crippen molar-refractivity contribution in [3.05, 3.63) is 12.4 Å². The average Bonchev–Trinajstić information content (AvgIpc) is 2.94. The fraction of sp³-hybridized carbons (Fsp3) is 0.727. The van der Waals surface area contributed by atoms with E-state index in [2.05, 4.69) is 19.8 Å². The lowest BCUT2D eigenvalue weighted by Crippen LogP contribution is -2.45. The molecule has 3 N–H and O–H groups in total. The van der Waals surface area contributed by atoms with E-state index in [0.717, 1.165) is 25.8 Å². The molecule has 2 rings (SSSR count). The van der Waals surface area contributed by atoms with Gasteiger partial charge in [0.05, 0.1) is 12.8 Å². The van der Waals surface area contributed by atoms with Gasteiger partial charge in [-0.15, -0.1) is 0 Å². The third-order valence-corrected chi connectivity index (χ3v) is 4.86. The molecular formula is C11H20N4O3S. The zero-order valence-corrected chi connectivity index (χ0v) is 11.6. The van der Waals surface area contributed by atoms with E-state index in [1.807, 2.05) is 0 Å². The molecule has 0 bridgehead atoms. The Morgan fingerprint density at radius 2 is 2.37 bits per heavy atom. The van der Waals surface area contributed by atoms with Gasteiger partial charge in [0.1, 0.15) is 4.90 Å². The van der Waals surface area contributed by atoms with Crippen molar-refractivity contribution in [3.63, 3.8) is 0 Å². The molecule has 1 fully saturated rings. The maximum Gasteiger partial charge on any atom is 0.243 e. The smallest absolute Gasteiger partial charge is 0.243 e. The number of H-pyrrole nitrogens is 1. The highest BCUT2D eigenvalue weighted by Gasteiger charge is 2.22. The quantitative estimate of drug-likeness (QED) is 0.657. The van der Waals surface area contributed by atoms with E-state index >= 15 is 0 Å². The maximum atomic E-state index is 11.8. The Balaban J connectivity index is 1.83. The van der Waals surface area contributed by atoms with E-state index in [1.54, 1.807) is 0 Å². The summed E-state index contributed by atoms with van der Waals surface area (Å²) in [4.78, 5) is 2.28. The second-order valence-electron chi connectivity index (χ2n) is 4.70. The lowest BCUT2D eigenvalue weighted by atomic mass is 10.0. The van der Waals surface area contributed by atoms with Gasteiger partial charge in [0.15, 0.2) is 0 Å². The Kier molecular flexibility index (Phi) is 4.92. The maximum absolute atomic E-state index is 11.8. The van der Waals surface area contributed by atoms with Crippen LogP contribution >= 0.6 is 0 Å². The van der Waals surface area contributed by atoms with Gasteiger partial charge in [-0.1, -0.05) is 6.42 Å². The molecule has 0 radical (unpaired) electrons. The molecule has 0 aromatic carbocycles. The lowest BCUT2D eigenvalue weighted by Gasteiger charge is -2.34. The molecule has 108 valence electrons. The van der Waals surface area contributed by atoms with Crippen molar-refractivity contribution in [2.45, 2.75) is 30.2 Å². The highest BCUT2D eigenvalue weighted by atomic mass is 32.2. The van der Waals surface area contributed by atoms with Gasteiger partial charge in [0.2, 0.25) is 10.0 Å². The van der Waals surface area contributed by atoms with Crippen molar-refractivity contribution in [1.29, 1.82) is 0 Å². The largest absolute Gasteiger partial charge is 0.395 e. The van der Waals surface area contributed by atoms with Gasteiger partial charge in [-0.3, -0.25) is 10.00 Å². The predicted octanol–water partition coefficient (Wildman–Crippen LogP) is -0.465. The molecule has 0 saturated carbocycles. The van der Waals surface area contributed by atoms with E-state index in [-0.39, 0.29) is 17.5 Å². The van der Waals surface area contributed by atoms with Gasteiger partial charge in [0, 0.05) is 25.3 Å². The third-order valence-electron chi connectivity index (χ3n) is 3.43. The fourth-order valence-electron chi connectivity index (χ4n) is 2.35. The number of aromatic amines is 1. The lowest BCUT2D eigenvalue weighted by molar-refractivity contribution is 0.0923. The summed E-state index contributed by atoms with van der Waals surface area (Å²) >= 11 is 0. The summed E-state index contributed by atoms with van der Waals surface area (Å²) in [6.45, 7) is 2.00. The minimum Gasteiger partial charge on any atom is -0.395 e. The first-order chi connectivity index (χ1) is 9.13. The second-order valence-corrected chi connectivity index (χ2v) is 6.47. The minimum atomic E-state index is -3.47. The molecule has 1 aromatic heterocycles. The van der Waals surface area contributed by atoms with Crippen LogP contribution < -0.4 is 4.72 Å². The van der Waals surface area contributed by atoms with Gasteiger partial charge < -0.3 is 5.11 Å². The molecule has 1 aliphatic rings. The molecule has 8 heteroatoms. The summed E-state index contributed by atoms with van der Waals surface area (Å²) in [5, 5.41) is 15.4. The number of nitrogens with one attached hydrogen (secondary N) is 2. The van der Waals surface area contributed by atoms with Crippen LogP contribution in [0.3, 0.4) is 0 Å². The van der Waals surface area contributed by atoms with Gasteiger partial charge >= 0.3 is 0 Å². The highest BCUT2D eigenvalue weighted by molar-refractivity contribution is 7.89. The molecule has 0 unspecified atom stereocenters. The molecule has 1 aromatic rings. The summed E-state index contributed by atoms with van der Waals surface area (Å²) in [6, 6.07) is 0.159. The molecule has 1 saturated heterocycles. The molecule has 7 nitrogen and oxygen atoms in total. The number of sulfonamides is 1. The first kappa shape index (κ1) is 14.4. The van der Waals surface area contributed by atoms with E-state index in [4.69, 9.17) is 0 Å². The van der Waals surface area contributed by atoms with Gasteiger partial charge in [-0.05, 0) is 19.4 Å². The monoisotopic (exact) mass is 288 g/mol. The zero-order chi connectivity index (χ0) is 13.7. The Morgan fingerprint density at radius 1 is 1.53 bits per heavy atom. The summed E-state index contributed by atoms with van der Waals surface area (Å²) in [7, 11) is -3.47. The predicted molar refractivity (Wildman–Crippen MR) is 70.1 cm³/mol. The van der Waals surface area contributed by atoms with Crippen LogP contribution in [0.1, 0.15) is 19.3 Å². The minimum absolute atomic E-state index is 0.133. The number of hydrogen-bond donors (Lipinski definition) is 3. The summed E-state index contributed by atoms with van der Waals surface area (Å²) in [5.74, 6) is 0. The van der Waals surface area contributed by atoms with Crippen LogP contribution in [0.15, 0.2) is 17.3 Å². The van der Waals surface area contributed by atoms with Crippen LogP contribution in [0.5, 0.6) is 0 Å². The van der Waals surface area contributed by atoms with E-state index in [0.29, 0.717) is 13.1 Å². The van der Waals surface area contributed by atoms with Crippen LogP contribution in [-0.2, 0) is 10.0 Å². The molecule has 0 spiro atoms. The summed E-state index contributed by atoms with van der Waals surface area (Å²) < 4.78 is 26.2. The fourth-order valence-corrected chi connectivity index (χ4v) is 3.28. The molecule has 0 aliphatic carbocycles. The highest BCUT2D eigenvalue weighted by Crippen LogP contribution is 2.15. The van der Waals surface area contributed by atoms with Crippen molar-refractivity contribution in [2.75, 3.05) is 26.2 Å². The Bertz CT molecular complexity index is 474. The van der Waals surface area contributed by atoms with Crippen molar-refractivity contribution < 1.29 is 13.5 Å². The van der Waals surface area contributed by atoms with Crippen LogP contribution in [-0.4, -0.2) is 60.9 Å². The van der Waals surface area contributed by atoms with Crippen molar-refractivity contribution in [2.24, 2.45) is 0 Å². The molecule has 19 heavy (non-hydrogen) atoms. The van der Waals surface area contributed by atoms with Crippen molar-refractivity contribution >= 4 is 10.0 Å². The van der Waals surface area contributed by atoms with Crippen LogP contribution in [0, 0.1) is 0 Å². The van der Waals surface area contributed by atoms with Crippen molar-refractivity contribution in [3.8, 4) is 0 Å². The molecule has 0 amide bonds. The molecule has 2 heterocycles. The SMILES string of the molecule is O=S(=O)(NCCN1CCCC[C@H]1CO)c1cn[nH]c1. The Labute approximate surface area is 113 Å². The normalized spacial score (nSPS) is 21.6. The van der Waals surface area contributed by atoms with Crippen LogP contribution in [0.25, 0.3) is 0 Å². The number of hydrogen-bond acceptors (Lipinski definition) is 5. The van der Waals surface area contributed by atoms with Gasteiger partial charge in [0.25, 0.3) is 0 Å². The number of aromatic nitrogens is 2. The standard InChI is InChI=1S/C11H20N4O3S/c16-9-10-3-1-2-5-15(10)6-4-14-19(17,18)11-7-12-13-8-11/h7-8,10,14,16H,1-6,9H2,(H,12,13)/t10-/m0/s1. The molecular weight excluding hydrogens is 268 g/mol. The summed E-state index contributed by atoms with van der Waals surface area (Å²) in [5.41, 5.74) is 0. The van der Waals surface area contributed by atoms with Gasteiger partial charge in [-0.25, -0.2) is 13.1 Å². The van der Waals surface area contributed by atoms with E-state index in [9.17, 15) is 13.5 Å². The number of aliphatic hydroxyl groups excluding tert-OH is 1. The third kappa shape index (κ3) is 3.75. The average molecular weight is 288 g/mol. The van der Waals surface area contributed by atoms with E-state index in [1.165, 1.54) is 12.4 Å². The number of piperidine rings is 1. The van der Waals surface area contributed by atoms with Gasteiger partial charge in [-0.2, -0.15) is 5.10 Å². The topological polar surface area (TPSA) is 98.3 Å². The zero-order valence-electron chi connectivity index (χ0n) is 10.7. The first-order valence-electron chi connectivity index (χ1n) is 6.47. The number of aliphatic hydroxyl groups is 1. The first-order valence-corrected chi connectivity index (χ1v) is 7.95. The Morgan fingerprint density at radius 3 is 3.05 bits per heavy atom. The van der Waals surface area contributed by atoms with Crippen molar-refractivity contribution in [1.82, 2.24) is 19.8 Å². The number of likely N-dealkylation sites (tertiary alicyclic amines) is 1.